The summed E-state index contributed by atoms with van der Waals surface area (Å²) in [5.74, 6) is 0.428. The first-order valence-corrected chi connectivity index (χ1v) is 3.91. The van der Waals surface area contributed by atoms with Gasteiger partial charge in [0.25, 0.3) is 0 Å². The molecule has 0 atom stereocenters. The van der Waals surface area contributed by atoms with Crippen molar-refractivity contribution < 1.29 is 4.79 Å². The predicted octanol–water partition coefficient (Wildman–Crippen LogP) is 2.40. The molecule has 0 aromatic heterocycles. The molecule has 0 bridgehead atoms. The van der Waals surface area contributed by atoms with E-state index in [4.69, 9.17) is 0 Å². The van der Waals surface area contributed by atoms with Gasteiger partial charge in [0.1, 0.15) is 5.78 Å². The molecule has 0 aromatic rings. The molecule has 1 fully saturated rings. The van der Waals surface area contributed by atoms with Gasteiger partial charge in [0.2, 0.25) is 0 Å². The van der Waals surface area contributed by atoms with Gasteiger partial charge in [-0.05, 0) is 11.8 Å². The molecule has 1 aliphatic carbocycles. The number of ketones is 1. The van der Waals surface area contributed by atoms with Crippen LogP contribution in [0.3, 0.4) is 0 Å². The standard InChI is InChI=1S/C9H16O/c1-8(2)6-5-7(10)9(8,3)4/h5-6H2,1-4H3. The van der Waals surface area contributed by atoms with Crippen LogP contribution in [-0.2, 0) is 4.79 Å². The Bertz CT molecular complexity index is 166. The highest BCUT2D eigenvalue weighted by molar-refractivity contribution is 5.87. The number of hydrogen-bond donors (Lipinski definition) is 0. The first-order chi connectivity index (χ1) is 4.38. The molecule has 1 saturated carbocycles. The Balaban J connectivity index is 2.95. The summed E-state index contributed by atoms with van der Waals surface area (Å²) in [6.07, 6.45) is 1.83. The summed E-state index contributed by atoms with van der Waals surface area (Å²) in [5, 5.41) is 0. The molecular weight excluding hydrogens is 124 g/mol. The van der Waals surface area contributed by atoms with Crippen molar-refractivity contribution in [1.29, 1.82) is 0 Å². The van der Waals surface area contributed by atoms with Crippen molar-refractivity contribution in [3.8, 4) is 0 Å². The molecule has 58 valence electrons. The summed E-state index contributed by atoms with van der Waals surface area (Å²) in [5.41, 5.74) is 0.122. The summed E-state index contributed by atoms with van der Waals surface area (Å²) >= 11 is 0. The number of rotatable bonds is 0. The van der Waals surface area contributed by atoms with Gasteiger partial charge in [0.15, 0.2) is 0 Å². The lowest BCUT2D eigenvalue weighted by atomic mass is 9.70. The third-order valence-electron chi connectivity index (χ3n) is 3.37. The zero-order valence-electron chi connectivity index (χ0n) is 7.32. The molecule has 0 amide bonds. The van der Waals surface area contributed by atoms with Crippen LogP contribution in [-0.4, -0.2) is 5.78 Å². The molecule has 0 aliphatic heterocycles. The van der Waals surface area contributed by atoms with Crippen LogP contribution < -0.4 is 0 Å². The van der Waals surface area contributed by atoms with Crippen molar-refractivity contribution >= 4 is 5.78 Å². The van der Waals surface area contributed by atoms with E-state index in [9.17, 15) is 4.79 Å². The largest absolute Gasteiger partial charge is 0.299 e. The monoisotopic (exact) mass is 140 g/mol. The Morgan fingerprint density at radius 2 is 1.70 bits per heavy atom. The Kier molecular flexibility index (Phi) is 1.43. The van der Waals surface area contributed by atoms with E-state index in [2.05, 4.69) is 27.7 Å². The van der Waals surface area contributed by atoms with Gasteiger partial charge in [-0.25, -0.2) is 0 Å². The number of carbonyl (C=O) groups excluding carboxylic acids is 1. The van der Waals surface area contributed by atoms with Crippen molar-refractivity contribution in [2.75, 3.05) is 0 Å². The molecule has 1 nitrogen and oxygen atoms in total. The lowest BCUT2D eigenvalue weighted by molar-refractivity contribution is -0.126. The highest BCUT2D eigenvalue weighted by Gasteiger charge is 2.47. The molecular formula is C9H16O. The van der Waals surface area contributed by atoms with E-state index in [0.717, 1.165) is 12.8 Å². The van der Waals surface area contributed by atoms with Crippen molar-refractivity contribution in [2.24, 2.45) is 10.8 Å². The maximum atomic E-state index is 11.3. The Morgan fingerprint density at radius 3 is 1.80 bits per heavy atom. The molecule has 0 N–H and O–H groups in total. The average Bonchev–Trinajstić information content (AvgIpc) is 1.94. The van der Waals surface area contributed by atoms with Gasteiger partial charge in [-0.15, -0.1) is 0 Å². The third kappa shape index (κ3) is 0.799. The third-order valence-corrected chi connectivity index (χ3v) is 3.37. The van der Waals surface area contributed by atoms with Crippen LogP contribution in [0, 0.1) is 10.8 Å². The zero-order valence-corrected chi connectivity index (χ0v) is 7.32. The first kappa shape index (κ1) is 7.77. The summed E-state index contributed by atoms with van der Waals surface area (Å²) in [6.45, 7) is 8.47. The van der Waals surface area contributed by atoms with E-state index in [1.54, 1.807) is 0 Å². The molecule has 0 unspecified atom stereocenters. The molecule has 1 aliphatic rings. The van der Waals surface area contributed by atoms with E-state index in [1.807, 2.05) is 0 Å². The maximum absolute atomic E-state index is 11.3. The van der Waals surface area contributed by atoms with Crippen molar-refractivity contribution in [1.82, 2.24) is 0 Å². The van der Waals surface area contributed by atoms with Crippen LogP contribution in [0.25, 0.3) is 0 Å². The number of Topliss-reactive ketones (excluding diaryl/α,β-unsaturated/α-hetero) is 1. The second-order valence-electron chi connectivity index (χ2n) is 4.43. The molecule has 0 spiro atoms. The molecule has 0 radical (unpaired) electrons. The quantitative estimate of drug-likeness (QED) is 0.505. The Morgan fingerprint density at radius 1 is 1.20 bits per heavy atom. The molecule has 0 saturated heterocycles. The van der Waals surface area contributed by atoms with Crippen molar-refractivity contribution in [3.05, 3.63) is 0 Å². The van der Waals surface area contributed by atoms with Gasteiger partial charge in [-0.2, -0.15) is 0 Å². The minimum Gasteiger partial charge on any atom is -0.299 e. The van der Waals surface area contributed by atoms with Crippen molar-refractivity contribution in [3.63, 3.8) is 0 Å². The molecule has 0 aromatic carbocycles. The predicted molar refractivity (Wildman–Crippen MR) is 41.8 cm³/mol. The number of carbonyl (C=O) groups is 1. The molecule has 10 heavy (non-hydrogen) atoms. The lowest BCUT2D eigenvalue weighted by Gasteiger charge is -2.32. The minimum atomic E-state index is -0.0903. The van der Waals surface area contributed by atoms with Gasteiger partial charge in [0, 0.05) is 11.8 Å². The average molecular weight is 140 g/mol. The van der Waals surface area contributed by atoms with Gasteiger partial charge in [0.05, 0.1) is 0 Å². The zero-order chi connectivity index (χ0) is 7.99. The van der Waals surface area contributed by atoms with Crippen LogP contribution in [0.2, 0.25) is 0 Å². The summed E-state index contributed by atoms with van der Waals surface area (Å²) < 4.78 is 0. The Labute approximate surface area is 62.8 Å². The second-order valence-corrected chi connectivity index (χ2v) is 4.43. The fraction of sp³-hybridized carbons (Fsp3) is 0.889. The van der Waals surface area contributed by atoms with Crippen LogP contribution >= 0.6 is 0 Å². The highest BCUT2D eigenvalue weighted by atomic mass is 16.1. The maximum Gasteiger partial charge on any atom is 0.139 e. The van der Waals surface area contributed by atoms with E-state index < -0.39 is 0 Å². The van der Waals surface area contributed by atoms with E-state index in [1.165, 1.54) is 0 Å². The van der Waals surface area contributed by atoms with Gasteiger partial charge >= 0.3 is 0 Å². The lowest BCUT2D eigenvalue weighted by Crippen LogP contribution is -2.31. The van der Waals surface area contributed by atoms with Gasteiger partial charge in [-0.3, -0.25) is 4.79 Å². The van der Waals surface area contributed by atoms with Crippen LogP contribution in [0.1, 0.15) is 40.5 Å². The molecule has 1 heteroatoms. The van der Waals surface area contributed by atoms with E-state index in [0.29, 0.717) is 5.78 Å². The molecule has 0 heterocycles. The minimum absolute atomic E-state index is 0.0903. The number of hydrogen-bond acceptors (Lipinski definition) is 1. The summed E-state index contributed by atoms with van der Waals surface area (Å²) in [7, 11) is 0. The SMILES string of the molecule is CC1(C)CCC(=O)C1(C)C. The van der Waals surface area contributed by atoms with Crippen molar-refractivity contribution in [2.45, 2.75) is 40.5 Å². The smallest absolute Gasteiger partial charge is 0.139 e. The second kappa shape index (κ2) is 1.84. The topological polar surface area (TPSA) is 17.1 Å². The van der Waals surface area contributed by atoms with Crippen LogP contribution in [0.5, 0.6) is 0 Å². The Hall–Kier alpha value is -0.330. The van der Waals surface area contributed by atoms with E-state index >= 15 is 0 Å². The van der Waals surface area contributed by atoms with E-state index in [-0.39, 0.29) is 10.8 Å². The summed E-state index contributed by atoms with van der Waals surface area (Å²) in [6, 6.07) is 0. The summed E-state index contributed by atoms with van der Waals surface area (Å²) in [4.78, 5) is 11.3. The fourth-order valence-corrected chi connectivity index (χ4v) is 1.43. The first-order valence-electron chi connectivity index (χ1n) is 3.91. The van der Waals surface area contributed by atoms with Crippen LogP contribution in [0.4, 0.5) is 0 Å². The molecule has 1 rings (SSSR count). The van der Waals surface area contributed by atoms with Gasteiger partial charge in [-0.1, -0.05) is 27.7 Å². The van der Waals surface area contributed by atoms with Gasteiger partial charge < -0.3 is 0 Å². The highest BCUT2D eigenvalue weighted by Crippen LogP contribution is 2.49. The normalized spacial score (nSPS) is 29.0. The van der Waals surface area contributed by atoms with Crippen LogP contribution in [0.15, 0.2) is 0 Å². The fourth-order valence-electron chi connectivity index (χ4n) is 1.43.